The second-order valence-corrected chi connectivity index (χ2v) is 6.00. The van der Waals surface area contributed by atoms with E-state index in [2.05, 4.69) is 22.1 Å². The third kappa shape index (κ3) is 3.76. The van der Waals surface area contributed by atoms with Gasteiger partial charge in [-0.25, -0.2) is 0 Å². The number of hydrogen-bond acceptors (Lipinski definition) is 3. The average molecular weight is 345 g/mol. The summed E-state index contributed by atoms with van der Waals surface area (Å²) in [4.78, 5) is 29.4. The van der Waals surface area contributed by atoms with Crippen LogP contribution in [-0.4, -0.2) is 37.3 Å². The van der Waals surface area contributed by atoms with Gasteiger partial charge in [-0.1, -0.05) is 30.0 Å². The highest BCUT2D eigenvalue weighted by molar-refractivity contribution is 6.45. The van der Waals surface area contributed by atoms with Crippen molar-refractivity contribution in [2.75, 3.05) is 25.5 Å². The lowest BCUT2D eigenvalue weighted by Gasteiger charge is -2.11. The number of amides is 1. The maximum atomic E-state index is 12.3. The topological polar surface area (TPSA) is 65.2 Å². The number of fused-ring (bicyclic) bond motifs is 1. The smallest absolute Gasteiger partial charge is 0.293 e. The Bertz CT molecular complexity index is 1000. The van der Waals surface area contributed by atoms with Gasteiger partial charge in [0.1, 0.15) is 0 Å². The first-order valence-electron chi connectivity index (χ1n) is 8.21. The van der Waals surface area contributed by atoms with Crippen molar-refractivity contribution < 1.29 is 9.59 Å². The second-order valence-electron chi connectivity index (χ2n) is 6.00. The number of aromatic nitrogens is 1. The monoisotopic (exact) mass is 345 g/mol. The quantitative estimate of drug-likeness (QED) is 0.434. The van der Waals surface area contributed by atoms with Crippen LogP contribution in [0.25, 0.3) is 10.9 Å². The van der Waals surface area contributed by atoms with Gasteiger partial charge in [-0.2, -0.15) is 0 Å². The summed E-state index contributed by atoms with van der Waals surface area (Å²) in [5.74, 6) is 4.60. The molecule has 0 spiro atoms. The molecule has 3 aromatic rings. The number of para-hydroxylation sites is 1. The fourth-order valence-electron chi connectivity index (χ4n) is 2.58. The third-order valence-electron chi connectivity index (χ3n) is 3.99. The Morgan fingerprint density at radius 3 is 2.54 bits per heavy atom. The zero-order valence-electron chi connectivity index (χ0n) is 14.7. The predicted molar refractivity (Wildman–Crippen MR) is 103 cm³/mol. The first kappa shape index (κ1) is 17.3. The third-order valence-corrected chi connectivity index (χ3v) is 3.99. The van der Waals surface area contributed by atoms with Crippen LogP contribution in [0, 0.1) is 11.8 Å². The number of carbonyl (C=O) groups excluding carboxylic acids is 2. The molecule has 26 heavy (non-hydrogen) atoms. The molecule has 2 aromatic carbocycles. The highest BCUT2D eigenvalue weighted by atomic mass is 16.2. The van der Waals surface area contributed by atoms with E-state index >= 15 is 0 Å². The van der Waals surface area contributed by atoms with E-state index in [4.69, 9.17) is 0 Å². The Morgan fingerprint density at radius 2 is 1.81 bits per heavy atom. The second kappa shape index (κ2) is 7.58. The first-order valence-corrected chi connectivity index (χ1v) is 8.21. The molecule has 1 amide bonds. The van der Waals surface area contributed by atoms with Gasteiger partial charge in [-0.15, -0.1) is 0 Å². The molecule has 5 heteroatoms. The normalized spacial score (nSPS) is 10.1. The fraction of sp³-hybridized carbons (Fsp3) is 0.143. The van der Waals surface area contributed by atoms with E-state index in [1.54, 1.807) is 6.20 Å². The van der Waals surface area contributed by atoms with Crippen LogP contribution in [0.15, 0.2) is 54.7 Å². The van der Waals surface area contributed by atoms with E-state index in [-0.39, 0.29) is 6.54 Å². The molecule has 0 aliphatic carbocycles. The summed E-state index contributed by atoms with van der Waals surface area (Å²) >= 11 is 0. The van der Waals surface area contributed by atoms with Crippen LogP contribution in [0.2, 0.25) is 0 Å². The summed E-state index contributed by atoms with van der Waals surface area (Å²) in [5.41, 5.74) is 3.14. The fourth-order valence-corrected chi connectivity index (χ4v) is 2.58. The van der Waals surface area contributed by atoms with E-state index in [1.165, 1.54) is 0 Å². The lowest BCUT2D eigenvalue weighted by molar-refractivity contribution is -0.116. The molecule has 5 nitrogen and oxygen atoms in total. The zero-order valence-corrected chi connectivity index (χ0v) is 14.7. The summed E-state index contributed by atoms with van der Waals surface area (Å²) in [6.07, 6.45) is 1.56. The van der Waals surface area contributed by atoms with Gasteiger partial charge >= 0.3 is 0 Å². The molecule has 0 radical (unpaired) electrons. The van der Waals surface area contributed by atoms with Crippen molar-refractivity contribution in [2.45, 2.75) is 0 Å². The predicted octanol–water partition coefficient (Wildman–Crippen LogP) is 2.58. The Balaban J connectivity index is 1.60. The molecule has 0 saturated carbocycles. The maximum absolute atomic E-state index is 12.3. The van der Waals surface area contributed by atoms with E-state index in [1.807, 2.05) is 67.5 Å². The molecule has 0 bridgehead atoms. The van der Waals surface area contributed by atoms with Crippen LogP contribution in [0.4, 0.5) is 5.69 Å². The van der Waals surface area contributed by atoms with Gasteiger partial charge in [0, 0.05) is 42.4 Å². The maximum Gasteiger partial charge on any atom is 0.293 e. The number of benzene rings is 2. The molecule has 3 rings (SSSR count). The SMILES string of the molecule is CN(C)c1ccc(C#CCNC(=O)C(=O)c2c[nH]c3ccccc23)cc1. The van der Waals surface area contributed by atoms with Crippen molar-refractivity contribution in [3.63, 3.8) is 0 Å². The molecule has 130 valence electrons. The van der Waals surface area contributed by atoms with Crippen LogP contribution < -0.4 is 10.2 Å². The first-order chi connectivity index (χ1) is 12.6. The number of carbonyl (C=O) groups is 2. The number of anilines is 1. The minimum Gasteiger partial charge on any atom is -0.378 e. The number of nitrogens with zero attached hydrogens (tertiary/aromatic N) is 1. The van der Waals surface area contributed by atoms with Crippen molar-refractivity contribution in [3.8, 4) is 11.8 Å². The number of nitrogens with one attached hydrogen (secondary N) is 2. The molecule has 0 unspecified atom stereocenters. The zero-order chi connectivity index (χ0) is 18.5. The summed E-state index contributed by atoms with van der Waals surface area (Å²) < 4.78 is 0. The number of ketones is 1. The van der Waals surface area contributed by atoms with Crippen molar-refractivity contribution >= 4 is 28.3 Å². The van der Waals surface area contributed by atoms with Gasteiger partial charge in [0.05, 0.1) is 12.1 Å². The minimum absolute atomic E-state index is 0.113. The van der Waals surface area contributed by atoms with E-state index < -0.39 is 11.7 Å². The van der Waals surface area contributed by atoms with Crippen molar-refractivity contribution in [1.82, 2.24) is 10.3 Å². The molecule has 2 N–H and O–H groups in total. The highest BCUT2D eigenvalue weighted by Gasteiger charge is 2.18. The van der Waals surface area contributed by atoms with Crippen LogP contribution in [0.3, 0.4) is 0 Å². The van der Waals surface area contributed by atoms with Crippen molar-refractivity contribution in [1.29, 1.82) is 0 Å². The van der Waals surface area contributed by atoms with Crippen LogP contribution in [-0.2, 0) is 4.79 Å². The molecule has 1 heterocycles. The number of Topliss-reactive ketones (excluding diaryl/α,β-unsaturated/α-hetero) is 1. The van der Waals surface area contributed by atoms with Crippen LogP contribution in [0.1, 0.15) is 15.9 Å². The van der Waals surface area contributed by atoms with Crippen molar-refractivity contribution in [2.24, 2.45) is 0 Å². The van der Waals surface area contributed by atoms with E-state index in [0.717, 1.165) is 22.2 Å². The Kier molecular flexibility index (Phi) is 5.04. The molecular formula is C21H19N3O2. The van der Waals surface area contributed by atoms with Gasteiger partial charge in [0.2, 0.25) is 0 Å². The number of H-pyrrole nitrogens is 1. The summed E-state index contributed by atoms with van der Waals surface area (Å²) in [7, 11) is 3.95. The lowest BCUT2D eigenvalue weighted by atomic mass is 10.1. The summed E-state index contributed by atoms with van der Waals surface area (Å²) in [6.45, 7) is 0.113. The van der Waals surface area contributed by atoms with Gasteiger partial charge in [-0.05, 0) is 30.3 Å². The molecule has 0 aliphatic heterocycles. The van der Waals surface area contributed by atoms with Gasteiger partial charge in [0.25, 0.3) is 11.7 Å². The van der Waals surface area contributed by atoms with Gasteiger partial charge < -0.3 is 15.2 Å². The Labute approximate surface area is 152 Å². The standard InChI is InChI=1S/C21H19N3O2/c1-24(2)16-11-9-15(10-12-16)6-5-13-22-21(26)20(25)18-14-23-19-8-4-3-7-17(18)19/h3-4,7-12,14,23H,13H2,1-2H3,(H,22,26). The van der Waals surface area contributed by atoms with E-state index in [0.29, 0.717) is 5.56 Å². The minimum atomic E-state index is -0.660. The molecule has 0 atom stereocenters. The van der Waals surface area contributed by atoms with Crippen LogP contribution >= 0.6 is 0 Å². The largest absolute Gasteiger partial charge is 0.378 e. The van der Waals surface area contributed by atoms with E-state index in [9.17, 15) is 9.59 Å². The molecular weight excluding hydrogens is 326 g/mol. The Hall–Kier alpha value is -3.52. The van der Waals surface area contributed by atoms with Gasteiger partial charge in [-0.3, -0.25) is 9.59 Å². The number of hydrogen-bond donors (Lipinski definition) is 2. The highest BCUT2D eigenvalue weighted by Crippen LogP contribution is 2.18. The molecule has 0 aliphatic rings. The lowest BCUT2D eigenvalue weighted by Crippen LogP contribution is -2.31. The molecule has 1 aromatic heterocycles. The molecule has 0 fully saturated rings. The average Bonchev–Trinajstić information content (AvgIpc) is 3.09. The Morgan fingerprint density at radius 1 is 1.08 bits per heavy atom. The van der Waals surface area contributed by atoms with Crippen LogP contribution in [0.5, 0.6) is 0 Å². The summed E-state index contributed by atoms with van der Waals surface area (Å²) in [5, 5.41) is 3.29. The van der Waals surface area contributed by atoms with Gasteiger partial charge in [0.15, 0.2) is 0 Å². The molecule has 0 saturated heterocycles. The number of aromatic amines is 1. The van der Waals surface area contributed by atoms with Crippen molar-refractivity contribution in [3.05, 3.63) is 65.9 Å². The number of rotatable bonds is 4. The summed E-state index contributed by atoms with van der Waals surface area (Å²) in [6, 6.07) is 15.2.